The summed E-state index contributed by atoms with van der Waals surface area (Å²) in [6.45, 7) is 4.38. The van der Waals surface area contributed by atoms with E-state index in [0.717, 1.165) is 12.8 Å². The molecule has 0 amide bonds. The maximum absolute atomic E-state index is 12.3. The second kappa shape index (κ2) is 6.61. The molecule has 8 nitrogen and oxygen atoms in total. The lowest BCUT2D eigenvalue weighted by molar-refractivity contribution is 0.268. The second-order valence-electron chi connectivity index (χ2n) is 4.96. The lowest BCUT2D eigenvalue weighted by atomic mass is 10.0. The molecule has 0 bridgehead atoms. The summed E-state index contributed by atoms with van der Waals surface area (Å²) in [4.78, 5) is 0. The maximum Gasteiger partial charge on any atom is 0.279 e. The molecule has 9 heteroatoms. The van der Waals surface area contributed by atoms with E-state index in [4.69, 9.17) is 5.73 Å². The Hall–Kier alpha value is -1.03. The van der Waals surface area contributed by atoms with Crippen LogP contribution >= 0.6 is 0 Å². The number of nitrogens with one attached hydrogen (secondary N) is 1. The molecule has 1 fully saturated rings. The van der Waals surface area contributed by atoms with E-state index in [0.29, 0.717) is 32.0 Å². The van der Waals surface area contributed by atoms with Gasteiger partial charge in [0.25, 0.3) is 10.2 Å². The van der Waals surface area contributed by atoms with E-state index in [2.05, 4.69) is 14.9 Å². The number of aromatic nitrogens is 3. The molecule has 0 radical (unpaired) electrons. The van der Waals surface area contributed by atoms with Crippen LogP contribution in [-0.4, -0.2) is 47.1 Å². The Bertz CT molecular complexity index is 529. The first-order chi connectivity index (χ1) is 9.56. The molecule has 2 rings (SSSR count). The Balaban J connectivity index is 1.97. The molecule has 114 valence electrons. The van der Waals surface area contributed by atoms with E-state index in [1.807, 2.05) is 6.92 Å². The Morgan fingerprint density at radius 2 is 2.35 bits per heavy atom. The molecule has 2 heterocycles. The summed E-state index contributed by atoms with van der Waals surface area (Å²) in [5.41, 5.74) is 5.63. The van der Waals surface area contributed by atoms with Crippen LogP contribution in [0.4, 0.5) is 0 Å². The van der Waals surface area contributed by atoms with Gasteiger partial charge in [-0.1, -0.05) is 0 Å². The van der Waals surface area contributed by atoms with Crippen LogP contribution in [0.5, 0.6) is 0 Å². The second-order valence-corrected chi connectivity index (χ2v) is 6.72. The molecule has 0 aromatic carbocycles. The minimum Gasteiger partial charge on any atom is -0.330 e. The van der Waals surface area contributed by atoms with E-state index in [1.165, 1.54) is 4.31 Å². The normalized spacial score (nSPS) is 21.2. The van der Waals surface area contributed by atoms with Crippen LogP contribution < -0.4 is 10.5 Å². The first-order valence-electron chi connectivity index (χ1n) is 6.88. The summed E-state index contributed by atoms with van der Waals surface area (Å²) in [5.74, 6) is 0.864. The molecule has 20 heavy (non-hydrogen) atoms. The maximum atomic E-state index is 12.3. The van der Waals surface area contributed by atoms with Gasteiger partial charge in [0.05, 0.1) is 6.54 Å². The van der Waals surface area contributed by atoms with Gasteiger partial charge in [-0.2, -0.15) is 17.4 Å². The van der Waals surface area contributed by atoms with Gasteiger partial charge in [-0.3, -0.25) is 0 Å². The molecule has 1 aromatic heterocycles. The van der Waals surface area contributed by atoms with Crippen LogP contribution in [0, 0.1) is 5.92 Å². The van der Waals surface area contributed by atoms with Crippen molar-refractivity contribution in [2.24, 2.45) is 11.7 Å². The number of piperidine rings is 1. The predicted molar refractivity (Wildman–Crippen MR) is 74.8 cm³/mol. The van der Waals surface area contributed by atoms with Crippen molar-refractivity contribution in [3.8, 4) is 0 Å². The van der Waals surface area contributed by atoms with Crippen molar-refractivity contribution in [2.45, 2.75) is 32.9 Å². The first kappa shape index (κ1) is 15.4. The van der Waals surface area contributed by atoms with Crippen molar-refractivity contribution in [2.75, 3.05) is 19.6 Å². The molecule has 1 saturated heterocycles. The Morgan fingerprint density at radius 3 is 3.05 bits per heavy atom. The average Bonchev–Trinajstić information content (AvgIpc) is 2.93. The van der Waals surface area contributed by atoms with Crippen LogP contribution in [0.25, 0.3) is 0 Å². The molecule has 0 aliphatic carbocycles. The summed E-state index contributed by atoms with van der Waals surface area (Å²) < 4.78 is 30.4. The van der Waals surface area contributed by atoms with Crippen LogP contribution in [-0.2, 0) is 23.3 Å². The number of rotatable bonds is 6. The summed E-state index contributed by atoms with van der Waals surface area (Å²) in [6, 6.07) is 0. The zero-order valence-corrected chi connectivity index (χ0v) is 12.5. The van der Waals surface area contributed by atoms with Gasteiger partial charge < -0.3 is 10.3 Å². The summed E-state index contributed by atoms with van der Waals surface area (Å²) >= 11 is 0. The highest BCUT2D eigenvalue weighted by atomic mass is 32.2. The molecule has 0 saturated carbocycles. The molecule has 1 unspecified atom stereocenters. The summed E-state index contributed by atoms with van der Waals surface area (Å²) in [6.07, 6.45) is 3.44. The molecule has 1 aliphatic rings. The Kier molecular flexibility index (Phi) is 5.08. The van der Waals surface area contributed by atoms with Crippen LogP contribution in [0.1, 0.15) is 25.6 Å². The van der Waals surface area contributed by atoms with Crippen LogP contribution in [0.2, 0.25) is 0 Å². The van der Waals surface area contributed by atoms with Crippen molar-refractivity contribution < 1.29 is 8.42 Å². The molecular formula is C11H22N6O2S. The lowest BCUT2D eigenvalue weighted by Gasteiger charge is -2.31. The highest BCUT2D eigenvalue weighted by Crippen LogP contribution is 2.17. The monoisotopic (exact) mass is 302 g/mol. The van der Waals surface area contributed by atoms with Gasteiger partial charge in [-0.15, -0.1) is 10.2 Å². The Labute approximate surface area is 119 Å². The van der Waals surface area contributed by atoms with Crippen LogP contribution in [0.15, 0.2) is 6.33 Å². The van der Waals surface area contributed by atoms with Crippen molar-refractivity contribution in [1.82, 2.24) is 23.8 Å². The van der Waals surface area contributed by atoms with E-state index in [1.54, 1.807) is 10.9 Å². The number of hydrogen-bond donors (Lipinski definition) is 2. The number of aryl methyl sites for hydroxylation is 1. The van der Waals surface area contributed by atoms with Gasteiger partial charge in [0.2, 0.25) is 0 Å². The van der Waals surface area contributed by atoms with Gasteiger partial charge in [0, 0.05) is 19.6 Å². The van der Waals surface area contributed by atoms with Gasteiger partial charge >= 0.3 is 0 Å². The molecule has 1 atom stereocenters. The van der Waals surface area contributed by atoms with Crippen molar-refractivity contribution in [3.63, 3.8) is 0 Å². The fraction of sp³-hybridized carbons (Fsp3) is 0.818. The number of nitrogens with two attached hydrogens (primary N) is 1. The largest absolute Gasteiger partial charge is 0.330 e. The van der Waals surface area contributed by atoms with E-state index in [9.17, 15) is 8.42 Å². The van der Waals surface area contributed by atoms with Gasteiger partial charge in [-0.25, -0.2) is 0 Å². The minimum atomic E-state index is -3.48. The fourth-order valence-corrected chi connectivity index (χ4v) is 3.64. The zero-order valence-electron chi connectivity index (χ0n) is 11.7. The highest BCUT2D eigenvalue weighted by molar-refractivity contribution is 7.87. The molecule has 1 aliphatic heterocycles. The van der Waals surface area contributed by atoms with Gasteiger partial charge in [-0.05, 0) is 32.2 Å². The first-order valence-corrected chi connectivity index (χ1v) is 8.32. The van der Waals surface area contributed by atoms with Crippen molar-refractivity contribution in [1.29, 1.82) is 0 Å². The third kappa shape index (κ3) is 3.54. The quantitative estimate of drug-likeness (QED) is 0.723. The SMILES string of the molecule is CCn1cnnc1CNS(=O)(=O)N1CCCC(CN)C1. The van der Waals surface area contributed by atoms with Gasteiger partial charge in [0.15, 0.2) is 0 Å². The standard InChI is InChI=1S/C11H22N6O2S/c1-2-16-9-13-15-11(16)7-14-20(18,19)17-5-3-4-10(6-12)8-17/h9-10,14H,2-8,12H2,1H3. The predicted octanol–water partition coefficient (Wildman–Crippen LogP) is -0.697. The summed E-state index contributed by atoms with van der Waals surface area (Å²) in [5, 5.41) is 7.69. The molecule has 3 N–H and O–H groups in total. The summed E-state index contributed by atoms with van der Waals surface area (Å²) in [7, 11) is -3.48. The molecular weight excluding hydrogens is 280 g/mol. The van der Waals surface area contributed by atoms with Gasteiger partial charge in [0.1, 0.15) is 12.2 Å². The number of hydrogen-bond acceptors (Lipinski definition) is 5. The Morgan fingerprint density at radius 1 is 1.55 bits per heavy atom. The smallest absolute Gasteiger partial charge is 0.279 e. The fourth-order valence-electron chi connectivity index (χ4n) is 2.36. The van der Waals surface area contributed by atoms with E-state index >= 15 is 0 Å². The third-order valence-corrected chi connectivity index (χ3v) is 5.12. The topological polar surface area (TPSA) is 106 Å². The van der Waals surface area contributed by atoms with E-state index < -0.39 is 10.2 Å². The van der Waals surface area contributed by atoms with Crippen molar-refractivity contribution >= 4 is 10.2 Å². The minimum absolute atomic E-state index is 0.153. The number of nitrogens with zero attached hydrogens (tertiary/aromatic N) is 4. The molecule has 0 spiro atoms. The zero-order chi connectivity index (χ0) is 14.6. The average molecular weight is 302 g/mol. The third-order valence-electron chi connectivity index (χ3n) is 3.60. The van der Waals surface area contributed by atoms with E-state index in [-0.39, 0.29) is 12.5 Å². The van der Waals surface area contributed by atoms with Crippen LogP contribution in [0.3, 0.4) is 0 Å². The highest BCUT2D eigenvalue weighted by Gasteiger charge is 2.28. The molecule has 1 aromatic rings. The van der Waals surface area contributed by atoms with Crippen molar-refractivity contribution in [3.05, 3.63) is 12.2 Å². The lowest BCUT2D eigenvalue weighted by Crippen LogP contribution is -2.47.